The molecule has 1 aromatic heterocycles. The minimum Gasteiger partial charge on any atom is -0.383 e. The molecule has 0 aliphatic heterocycles. The lowest BCUT2D eigenvalue weighted by Crippen LogP contribution is -2.06. The molecule has 1 saturated carbocycles. The zero-order valence-corrected chi connectivity index (χ0v) is 20.6. The second kappa shape index (κ2) is 8.75. The Morgan fingerprint density at radius 1 is 1.00 bits per heavy atom. The third-order valence-electron chi connectivity index (χ3n) is 6.61. The quantitative estimate of drug-likeness (QED) is 0.305. The van der Waals surface area contributed by atoms with Gasteiger partial charge in [0.15, 0.2) is 0 Å². The van der Waals surface area contributed by atoms with Gasteiger partial charge in [0.25, 0.3) is 0 Å². The molecule has 1 heterocycles. The average Bonchev–Trinajstić information content (AvgIpc) is 3.55. The maximum absolute atomic E-state index is 6.10. The van der Waals surface area contributed by atoms with E-state index in [0.717, 1.165) is 52.3 Å². The van der Waals surface area contributed by atoms with Crippen LogP contribution in [0.1, 0.15) is 40.7 Å². The summed E-state index contributed by atoms with van der Waals surface area (Å²) in [5.74, 6) is 1.66. The Labute approximate surface area is 201 Å². The van der Waals surface area contributed by atoms with Crippen molar-refractivity contribution in [2.45, 2.75) is 40.0 Å². The van der Waals surface area contributed by atoms with Crippen LogP contribution in [0.5, 0.6) is 0 Å². The van der Waals surface area contributed by atoms with E-state index in [1.807, 2.05) is 12.1 Å². The molecule has 33 heavy (non-hydrogen) atoms. The highest BCUT2D eigenvalue weighted by Crippen LogP contribution is 2.35. The highest BCUT2D eigenvalue weighted by Gasteiger charge is 2.22. The molecule has 170 valence electrons. The molecule has 4 aromatic rings. The van der Waals surface area contributed by atoms with Gasteiger partial charge in [-0.25, -0.2) is 4.98 Å². The Balaban J connectivity index is 1.57. The second-order valence-electron chi connectivity index (χ2n) is 9.49. The third kappa shape index (κ3) is 4.58. The molecule has 0 bridgehead atoms. The maximum Gasteiger partial charge on any atom is 0.208 e. The van der Waals surface area contributed by atoms with E-state index in [4.69, 9.17) is 16.6 Å². The zero-order chi connectivity index (χ0) is 23.1. The van der Waals surface area contributed by atoms with Crippen molar-refractivity contribution in [2.75, 3.05) is 17.2 Å². The van der Waals surface area contributed by atoms with E-state index in [0.29, 0.717) is 0 Å². The van der Waals surface area contributed by atoms with Gasteiger partial charge in [0.1, 0.15) is 0 Å². The number of rotatable bonds is 7. The molecule has 5 heteroatoms. The Bertz CT molecular complexity index is 1290. The topological polar surface area (TPSA) is 41.9 Å². The molecule has 1 aliphatic rings. The van der Waals surface area contributed by atoms with Crippen LogP contribution in [0.25, 0.3) is 11.0 Å². The van der Waals surface area contributed by atoms with Crippen molar-refractivity contribution in [3.05, 3.63) is 81.4 Å². The first-order valence-corrected chi connectivity index (χ1v) is 12.1. The molecule has 0 radical (unpaired) electrons. The van der Waals surface area contributed by atoms with Crippen LogP contribution >= 0.6 is 11.6 Å². The summed E-state index contributed by atoms with van der Waals surface area (Å²) in [7, 11) is 2.10. The Morgan fingerprint density at radius 3 is 2.36 bits per heavy atom. The van der Waals surface area contributed by atoms with Crippen molar-refractivity contribution in [2.24, 2.45) is 13.0 Å². The predicted molar refractivity (Wildman–Crippen MR) is 140 cm³/mol. The Kier molecular flexibility index (Phi) is 5.79. The molecule has 0 amide bonds. The Hall–Kier alpha value is -2.98. The van der Waals surface area contributed by atoms with Crippen molar-refractivity contribution in [1.29, 1.82) is 0 Å². The number of nitrogens with zero attached hydrogens (tertiary/aromatic N) is 2. The number of halogens is 1. The highest BCUT2D eigenvalue weighted by atomic mass is 35.5. The van der Waals surface area contributed by atoms with Crippen LogP contribution in [0.2, 0.25) is 5.02 Å². The zero-order valence-electron chi connectivity index (χ0n) is 19.8. The lowest BCUT2D eigenvalue weighted by molar-refractivity contribution is 0.887. The predicted octanol–water partition coefficient (Wildman–Crippen LogP) is 7.31. The van der Waals surface area contributed by atoms with E-state index in [1.165, 1.54) is 40.7 Å². The first-order valence-electron chi connectivity index (χ1n) is 11.7. The molecule has 0 saturated heterocycles. The number of fused-ring (bicyclic) bond motifs is 1. The summed E-state index contributed by atoms with van der Waals surface area (Å²) in [6.45, 7) is 7.47. The SMILES string of the molecule is Cc1cc(C)c(Nc2nc3c(Cc4ccc(Cl)cc4)ccc(NCC4CC4)c3n2C)c(C)c1. The summed E-state index contributed by atoms with van der Waals surface area (Å²) >= 11 is 6.10. The molecule has 5 rings (SSSR count). The van der Waals surface area contributed by atoms with Crippen molar-refractivity contribution >= 4 is 40.0 Å². The van der Waals surface area contributed by atoms with Gasteiger partial charge in [-0.15, -0.1) is 0 Å². The fraction of sp³-hybridized carbons (Fsp3) is 0.321. The number of hydrogen-bond acceptors (Lipinski definition) is 3. The van der Waals surface area contributed by atoms with Gasteiger partial charge < -0.3 is 15.2 Å². The molecule has 3 aromatic carbocycles. The minimum absolute atomic E-state index is 0.761. The Morgan fingerprint density at radius 2 is 1.70 bits per heavy atom. The molecular weight excluding hydrogens is 428 g/mol. The van der Waals surface area contributed by atoms with E-state index in [9.17, 15) is 0 Å². The van der Waals surface area contributed by atoms with Gasteiger partial charge in [0.05, 0.1) is 16.7 Å². The van der Waals surface area contributed by atoms with E-state index < -0.39 is 0 Å². The standard InChI is InChI=1S/C28H31ClN4/c1-17-13-18(2)25(19(3)14-17)31-28-32-26-22(15-20-7-10-23(29)11-8-20)9-12-24(27(26)33(28)4)30-16-21-5-6-21/h7-14,21,30H,5-6,15-16H2,1-4H3,(H,31,32). The van der Waals surface area contributed by atoms with E-state index >= 15 is 0 Å². The fourth-order valence-electron chi connectivity index (χ4n) is 4.66. The second-order valence-corrected chi connectivity index (χ2v) is 9.93. The molecule has 1 fully saturated rings. The van der Waals surface area contributed by atoms with E-state index in [-0.39, 0.29) is 0 Å². The van der Waals surface area contributed by atoms with Crippen LogP contribution in [-0.2, 0) is 13.5 Å². The number of anilines is 3. The summed E-state index contributed by atoms with van der Waals surface area (Å²) in [6, 6.07) is 16.9. The van der Waals surface area contributed by atoms with Crippen LogP contribution < -0.4 is 10.6 Å². The van der Waals surface area contributed by atoms with Crippen LogP contribution in [0.4, 0.5) is 17.3 Å². The van der Waals surface area contributed by atoms with Crippen molar-refractivity contribution in [3.63, 3.8) is 0 Å². The number of aromatic nitrogens is 2. The lowest BCUT2D eigenvalue weighted by atomic mass is 10.0. The van der Waals surface area contributed by atoms with Gasteiger partial charge in [0, 0.05) is 24.3 Å². The van der Waals surface area contributed by atoms with Gasteiger partial charge in [-0.3, -0.25) is 0 Å². The van der Waals surface area contributed by atoms with Crippen LogP contribution in [0.15, 0.2) is 48.5 Å². The number of aryl methyl sites for hydroxylation is 4. The number of imidazole rings is 1. The molecule has 0 spiro atoms. The number of hydrogen-bond donors (Lipinski definition) is 2. The fourth-order valence-corrected chi connectivity index (χ4v) is 4.78. The summed E-state index contributed by atoms with van der Waals surface area (Å²) in [6.07, 6.45) is 3.47. The molecule has 0 unspecified atom stereocenters. The molecule has 4 nitrogen and oxygen atoms in total. The van der Waals surface area contributed by atoms with E-state index in [1.54, 1.807) is 0 Å². The smallest absolute Gasteiger partial charge is 0.208 e. The third-order valence-corrected chi connectivity index (χ3v) is 6.86. The van der Waals surface area contributed by atoms with Crippen molar-refractivity contribution in [3.8, 4) is 0 Å². The monoisotopic (exact) mass is 458 g/mol. The molecular formula is C28H31ClN4. The minimum atomic E-state index is 0.761. The van der Waals surface area contributed by atoms with Crippen LogP contribution in [0.3, 0.4) is 0 Å². The summed E-state index contributed by atoms with van der Waals surface area (Å²) < 4.78 is 2.19. The van der Waals surface area contributed by atoms with Crippen LogP contribution in [-0.4, -0.2) is 16.1 Å². The number of benzene rings is 3. The maximum atomic E-state index is 6.10. The molecule has 2 N–H and O–H groups in total. The van der Waals surface area contributed by atoms with Gasteiger partial charge in [-0.1, -0.05) is 47.5 Å². The highest BCUT2D eigenvalue weighted by molar-refractivity contribution is 6.30. The first kappa shape index (κ1) is 21.8. The summed E-state index contributed by atoms with van der Waals surface area (Å²) in [4.78, 5) is 5.12. The molecule has 0 atom stereocenters. The summed E-state index contributed by atoms with van der Waals surface area (Å²) in [5.41, 5.74) is 10.6. The molecule has 1 aliphatic carbocycles. The summed E-state index contributed by atoms with van der Waals surface area (Å²) in [5, 5.41) is 8.09. The van der Waals surface area contributed by atoms with Gasteiger partial charge >= 0.3 is 0 Å². The van der Waals surface area contributed by atoms with E-state index in [2.05, 4.69) is 79.4 Å². The van der Waals surface area contributed by atoms with Crippen molar-refractivity contribution < 1.29 is 0 Å². The van der Waals surface area contributed by atoms with Gasteiger partial charge in [-0.2, -0.15) is 0 Å². The normalized spacial score (nSPS) is 13.5. The largest absolute Gasteiger partial charge is 0.383 e. The van der Waals surface area contributed by atoms with Gasteiger partial charge in [-0.05, 0) is 86.4 Å². The first-order chi connectivity index (χ1) is 15.9. The van der Waals surface area contributed by atoms with Crippen molar-refractivity contribution in [1.82, 2.24) is 9.55 Å². The van der Waals surface area contributed by atoms with Gasteiger partial charge in [0.2, 0.25) is 5.95 Å². The lowest BCUT2D eigenvalue weighted by Gasteiger charge is -2.14. The number of nitrogens with one attached hydrogen (secondary N) is 2. The van der Waals surface area contributed by atoms with Crippen LogP contribution in [0, 0.1) is 26.7 Å². The average molecular weight is 459 g/mol.